The quantitative estimate of drug-likeness (QED) is 0.266. The summed E-state index contributed by atoms with van der Waals surface area (Å²) in [6, 6.07) is -0.961. The topological polar surface area (TPSA) is 83.6 Å². The third kappa shape index (κ3) is 10.2. The Morgan fingerprint density at radius 2 is 1.54 bits per heavy atom. The minimum absolute atomic E-state index is 0.352. The maximum atomic E-state index is 11.7. The maximum Gasteiger partial charge on any atom is 0.188 e. The van der Waals surface area contributed by atoms with Gasteiger partial charge in [-0.2, -0.15) is 0 Å². The lowest BCUT2D eigenvalue weighted by atomic mass is 10.00. The predicted molar refractivity (Wildman–Crippen MR) is 108 cm³/mol. The van der Waals surface area contributed by atoms with Crippen LogP contribution >= 0.6 is 0 Å². The van der Waals surface area contributed by atoms with Gasteiger partial charge in [-0.3, -0.25) is 4.79 Å². The highest BCUT2D eigenvalue weighted by atomic mass is 16.3. The van der Waals surface area contributed by atoms with Gasteiger partial charge in [-0.25, -0.2) is 0 Å². The van der Waals surface area contributed by atoms with Crippen LogP contribution in [0.4, 0.5) is 0 Å². The van der Waals surface area contributed by atoms with Crippen molar-refractivity contribution in [2.24, 2.45) is 5.73 Å². The molecule has 0 fully saturated rings. The average Bonchev–Trinajstić information content (AvgIpc) is 3.48. The predicted octanol–water partition coefficient (Wildman–Crippen LogP) is 4.19. The van der Waals surface area contributed by atoms with E-state index in [0.717, 1.165) is 12.8 Å². The number of hydrogen-bond donors (Lipinski definition) is 3. The molecule has 0 aromatic rings. The molecule has 4 N–H and O–H groups in total. The first-order valence-electron chi connectivity index (χ1n) is 10.6. The van der Waals surface area contributed by atoms with Crippen molar-refractivity contribution < 1.29 is 15.0 Å². The van der Waals surface area contributed by atoms with Crippen LogP contribution in [0.15, 0.2) is 23.8 Å². The molecule has 26 heavy (non-hydrogen) atoms. The number of carbonyl (C=O) groups is 1. The van der Waals surface area contributed by atoms with Crippen molar-refractivity contribution >= 4 is 5.78 Å². The average molecular weight is 366 g/mol. The zero-order chi connectivity index (χ0) is 19.2. The monoisotopic (exact) mass is 365 g/mol. The van der Waals surface area contributed by atoms with Crippen LogP contribution in [0.5, 0.6) is 0 Å². The molecule has 0 aromatic carbocycles. The molecular formula is C22H39NO3. The highest BCUT2D eigenvalue weighted by Gasteiger charge is 2.31. The van der Waals surface area contributed by atoms with Gasteiger partial charge in [0, 0.05) is 0 Å². The summed E-state index contributed by atoms with van der Waals surface area (Å²) >= 11 is 0. The minimum Gasteiger partial charge on any atom is -0.387 e. The van der Waals surface area contributed by atoms with Crippen LogP contribution in [-0.4, -0.2) is 34.2 Å². The number of hydrogen-bond acceptors (Lipinski definition) is 4. The van der Waals surface area contributed by atoms with Crippen molar-refractivity contribution in [1.82, 2.24) is 0 Å². The van der Waals surface area contributed by atoms with Gasteiger partial charge in [0.2, 0.25) is 0 Å². The van der Waals surface area contributed by atoms with Gasteiger partial charge in [-0.15, -0.1) is 0 Å². The highest BCUT2D eigenvalue weighted by molar-refractivity contribution is 6.02. The molecule has 0 bridgehead atoms. The molecule has 4 nitrogen and oxygen atoms in total. The van der Waals surface area contributed by atoms with E-state index in [4.69, 9.17) is 5.73 Å². The molecule has 1 aliphatic rings. The first-order chi connectivity index (χ1) is 12.6. The van der Waals surface area contributed by atoms with Crippen LogP contribution < -0.4 is 5.73 Å². The Labute approximate surface area is 159 Å². The summed E-state index contributed by atoms with van der Waals surface area (Å²) in [5.74, 6) is -0.352. The number of aliphatic hydroxyl groups is 2. The zero-order valence-corrected chi connectivity index (χ0v) is 16.5. The Hall–Kier alpha value is -0.970. The SMILES string of the molecule is CCCCCCCCCCCCC/C=C/[C@@H](O)[C@@H](N)C(O)C(=O)C1=CC1. The molecule has 0 aliphatic heterocycles. The number of carbonyl (C=O) groups excluding carboxylic acids is 1. The summed E-state index contributed by atoms with van der Waals surface area (Å²) in [4.78, 5) is 11.7. The van der Waals surface area contributed by atoms with E-state index in [0.29, 0.717) is 12.0 Å². The second-order valence-corrected chi connectivity index (χ2v) is 7.56. The molecule has 1 unspecified atom stereocenters. The van der Waals surface area contributed by atoms with E-state index in [9.17, 15) is 15.0 Å². The summed E-state index contributed by atoms with van der Waals surface area (Å²) in [6.45, 7) is 2.25. The van der Waals surface area contributed by atoms with E-state index in [-0.39, 0.29) is 5.78 Å². The van der Waals surface area contributed by atoms with Crippen molar-refractivity contribution in [3.8, 4) is 0 Å². The van der Waals surface area contributed by atoms with Gasteiger partial charge < -0.3 is 15.9 Å². The van der Waals surface area contributed by atoms with Gasteiger partial charge in [-0.05, 0) is 24.8 Å². The summed E-state index contributed by atoms with van der Waals surface area (Å²) < 4.78 is 0. The lowest BCUT2D eigenvalue weighted by Gasteiger charge is -2.20. The molecule has 1 aliphatic carbocycles. The molecule has 0 saturated carbocycles. The Balaban J connectivity index is 1.96. The number of aliphatic hydroxyl groups excluding tert-OH is 2. The number of nitrogens with two attached hydrogens (primary N) is 1. The summed E-state index contributed by atoms with van der Waals surface area (Å²) in [5.41, 5.74) is 6.39. The molecule has 0 heterocycles. The Bertz CT molecular complexity index is 445. The third-order valence-electron chi connectivity index (χ3n) is 5.06. The lowest BCUT2D eigenvalue weighted by Crippen LogP contribution is -2.47. The van der Waals surface area contributed by atoms with Crippen molar-refractivity contribution in [2.75, 3.05) is 0 Å². The first-order valence-corrected chi connectivity index (χ1v) is 10.6. The Morgan fingerprint density at radius 1 is 1.04 bits per heavy atom. The molecule has 3 atom stereocenters. The minimum atomic E-state index is -1.31. The molecule has 1 rings (SSSR count). The Morgan fingerprint density at radius 3 is 2.04 bits per heavy atom. The fourth-order valence-corrected chi connectivity index (χ4v) is 3.09. The molecule has 4 heteroatoms. The van der Waals surface area contributed by atoms with Crippen LogP contribution in [0, 0.1) is 0 Å². The molecule has 150 valence electrons. The van der Waals surface area contributed by atoms with Crippen LogP contribution in [0.2, 0.25) is 0 Å². The van der Waals surface area contributed by atoms with Gasteiger partial charge in [0.15, 0.2) is 5.78 Å². The third-order valence-corrected chi connectivity index (χ3v) is 5.06. The Kier molecular flexibility index (Phi) is 12.5. The van der Waals surface area contributed by atoms with Crippen molar-refractivity contribution in [3.05, 3.63) is 23.8 Å². The molecule has 0 spiro atoms. The fraction of sp³-hybridized carbons (Fsp3) is 0.773. The normalized spacial score (nSPS) is 17.2. The standard InChI is InChI=1S/C22H39NO3/c1-2-3-4-5-6-7-8-9-10-11-12-13-14-15-19(24)20(23)22(26)21(25)18-16-17-18/h14-16,19-20,22,24,26H,2-13,17,23H2,1H3/b15-14+/t19-,20-,22?/m1/s1. The van der Waals surface area contributed by atoms with Gasteiger partial charge >= 0.3 is 0 Å². The van der Waals surface area contributed by atoms with Crippen LogP contribution in [0.1, 0.15) is 90.4 Å². The summed E-state index contributed by atoms with van der Waals surface area (Å²) in [6.07, 6.45) is 19.0. The van der Waals surface area contributed by atoms with Crippen molar-refractivity contribution in [1.29, 1.82) is 0 Å². The van der Waals surface area contributed by atoms with Crippen LogP contribution in [-0.2, 0) is 4.79 Å². The second kappa shape index (κ2) is 14.1. The van der Waals surface area contributed by atoms with E-state index in [2.05, 4.69) is 6.92 Å². The van der Waals surface area contributed by atoms with Gasteiger partial charge in [0.05, 0.1) is 12.1 Å². The van der Waals surface area contributed by atoms with Gasteiger partial charge in [0.1, 0.15) is 6.10 Å². The maximum absolute atomic E-state index is 11.7. The van der Waals surface area contributed by atoms with Crippen LogP contribution in [0.3, 0.4) is 0 Å². The highest BCUT2D eigenvalue weighted by Crippen LogP contribution is 2.22. The molecule has 0 aromatic heterocycles. The molecule has 0 amide bonds. The number of allylic oxidation sites excluding steroid dienone is 2. The smallest absolute Gasteiger partial charge is 0.188 e. The van der Waals surface area contributed by atoms with E-state index >= 15 is 0 Å². The largest absolute Gasteiger partial charge is 0.387 e. The van der Waals surface area contributed by atoms with Gasteiger partial charge in [-0.1, -0.05) is 89.4 Å². The van der Waals surface area contributed by atoms with E-state index in [1.54, 1.807) is 12.2 Å². The van der Waals surface area contributed by atoms with Gasteiger partial charge in [0.25, 0.3) is 0 Å². The number of unbranched alkanes of at least 4 members (excludes halogenated alkanes) is 11. The summed E-state index contributed by atoms with van der Waals surface area (Å²) in [7, 11) is 0. The zero-order valence-electron chi connectivity index (χ0n) is 16.5. The molecule has 0 radical (unpaired) electrons. The van der Waals surface area contributed by atoms with Crippen molar-refractivity contribution in [3.63, 3.8) is 0 Å². The van der Waals surface area contributed by atoms with E-state index in [1.807, 2.05) is 6.08 Å². The van der Waals surface area contributed by atoms with E-state index < -0.39 is 18.2 Å². The summed E-state index contributed by atoms with van der Waals surface area (Å²) in [5, 5.41) is 19.8. The number of rotatable bonds is 17. The van der Waals surface area contributed by atoms with E-state index in [1.165, 1.54) is 64.2 Å². The molecular weight excluding hydrogens is 326 g/mol. The second-order valence-electron chi connectivity index (χ2n) is 7.56. The number of ketones is 1. The van der Waals surface area contributed by atoms with Crippen LogP contribution in [0.25, 0.3) is 0 Å². The first kappa shape index (κ1) is 23.1. The lowest BCUT2D eigenvalue weighted by molar-refractivity contribution is -0.125. The van der Waals surface area contributed by atoms with Crippen molar-refractivity contribution in [2.45, 2.75) is 109 Å². The fourth-order valence-electron chi connectivity index (χ4n) is 3.09. The molecule has 0 saturated heterocycles. The number of Topliss-reactive ketones (excluding diaryl/α,β-unsaturated/α-hetero) is 1.